The molecule has 0 saturated heterocycles. The predicted octanol–water partition coefficient (Wildman–Crippen LogP) is 0.517. The minimum atomic E-state index is -1.06. The molecule has 2 rings (SSSR count). The molecule has 1 aromatic carbocycles. The molecule has 0 aliphatic rings. The number of carboxylic acids is 1. The molecule has 0 bridgehead atoms. The molecule has 6 nitrogen and oxygen atoms in total. The third-order valence-electron chi connectivity index (χ3n) is 2.38. The number of nitriles is 1. The quantitative estimate of drug-likeness (QED) is 0.818. The summed E-state index contributed by atoms with van der Waals surface area (Å²) in [5, 5.41) is 17.6. The van der Waals surface area contributed by atoms with Gasteiger partial charge in [-0.1, -0.05) is 6.07 Å². The van der Waals surface area contributed by atoms with E-state index in [1.165, 1.54) is 0 Å². The summed E-state index contributed by atoms with van der Waals surface area (Å²) < 4.78 is 8.09. The lowest BCUT2D eigenvalue weighted by molar-refractivity contribution is -0.138. The van der Waals surface area contributed by atoms with Crippen LogP contribution in [0.25, 0.3) is 11.0 Å². The molecule has 7 heteroatoms. The zero-order valence-corrected chi connectivity index (χ0v) is 9.44. The highest BCUT2D eigenvalue weighted by Gasteiger charge is 2.16. The number of aliphatic carboxylic acids is 1. The number of rotatable bonds is 3. The summed E-state index contributed by atoms with van der Waals surface area (Å²) >= 11 is 0.993. The monoisotopic (exact) mass is 248 g/mol. The largest absolute Gasteiger partial charge is 0.480 e. The van der Waals surface area contributed by atoms with Crippen molar-refractivity contribution < 1.29 is 9.90 Å². The Labute approximate surface area is 101 Å². The van der Waals surface area contributed by atoms with Crippen molar-refractivity contribution in [3.05, 3.63) is 23.3 Å². The molecule has 2 aromatic rings. The lowest BCUT2D eigenvalue weighted by atomic mass is 10.0. The fourth-order valence-corrected chi connectivity index (χ4v) is 2.09. The number of nitrogens with two attached hydrogens (primary N) is 1. The minimum Gasteiger partial charge on any atom is -0.480 e. The van der Waals surface area contributed by atoms with Crippen molar-refractivity contribution in [3.8, 4) is 6.07 Å². The first kappa shape index (κ1) is 11.4. The van der Waals surface area contributed by atoms with Crippen LogP contribution in [0.1, 0.15) is 11.1 Å². The molecule has 0 fully saturated rings. The SMILES string of the molecule is N#Cc1ccc(C[C@H](N)C(=O)O)c2nsnc12. The number of nitrogens with zero attached hydrogens (tertiary/aromatic N) is 3. The van der Waals surface area contributed by atoms with Gasteiger partial charge in [0.2, 0.25) is 0 Å². The molecule has 0 spiro atoms. The smallest absolute Gasteiger partial charge is 0.320 e. The van der Waals surface area contributed by atoms with Crippen LogP contribution in [0.3, 0.4) is 0 Å². The Hall–Kier alpha value is -2.04. The molecule has 17 heavy (non-hydrogen) atoms. The van der Waals surface area contributed by atoms with Crippen molar-refractivity contribution in [2.45, 2.75) is 12.5 Å². The van der Waals surface area contributed by atoms with E-state index >= 15 is 0 Å². The Morgan fingerprint density at radius 3 is 2.88 bits per heavy atom. The van der Waals surface area contributed by atoms with Gasteiger partial charge >= 0.3 is 5.97 Å². The highest BCUT2D eigenvalue weighted by Crippen LogP contribution is 2.21. The first-order valence-electron chi connectivity index (χ1n) is 4.76. The van der Waals surface area contributed by atoms with Crippen molar-refractivity contribution in [2.24, 2.45) is 5.73 Å². The molecule has 0 saturated carbocycles. The van der Waals surface area contributed by atoms with Gasteiger partial charge in [0.25, 0.3) is 0 Å². The number of hydrogen-bond acceptors (Lipinski definition) is 6. The van der Waals surface area contributed by atoms with Crippen LogP contribution in [0.4, 0.5) is 0 Å². The normalized spacial score (nSPS) is 12.2. The van der Waals surface area contributed by atoms with Gasteiger partial charge in [-0.3, -0.25) is 4.79 Å². The molecule has 0 unspecified atom stereocenters. The molecule has 0 aliphatic heterocycles. The third-order valence-corrected chi connectivity index (χ3v) is 2.90. The van der Waals surface area contributed by atoms with Gasteiger partial charge in [-0.25, -0.2) is 0 Å². The van der Waals surface area contributed by atoms with E-state index < -0.39 is 12.0 Å². The van der Waals surface area contributed by atoms with E-state index in [1.807, 2.05) is 6.07 Å². The lowest BCUT2D eigenvalue weighted by Gasteiger charge is -2.06. The van der Waals surface area contributed by atoms with E-state index in [0.29, 0.717) is 22.2 Å². The lowest BCUT2D eigenvalue weighted by Crippen LogP contribution is -2.32. The molecule has 3 N–H and O–H groups in total. The Bertz CT molecular complexity index is 616. The molecule has 0 radical (unpaired) electrons. The predicted molar refractivity (Wildman–Crippen MR) is 61.4 cm³/mol. The number of carbonyl (C=O) groups is 1. The maximum absolute atomic E-state index is 10.7. The summed E-state index contributed by atoms with van der Waals surface area (Å²) in [7, 11) is 0. The van der Waals surface area contributed by atoms with E-state index in [-0.39, 0.29) is 6.42 Å². The van der Waals surface area contributed by atoms with Gasteiger partial charge in [-0.05, 0) is 11.6 Å². The first-order chi connectivity index (χ1) is 8.13. The zero-order valence-electron chi connectivity index (χ0n) is 8.62. The molecule has 1 aromatic heterocycles. The summed E-state index contributed by atoms with van der Waals surface area (Å²) in [6, 6.07) is 4.31. The van der Waals surface area contributed by atoms with Crippen molar-refractivity contribution in [2.75, 3.05) is 0 Å². The molecular formula is C10H8N4O2S. The van der Waals surface area contributed by atoms with E-state index in [0.717, 1.165) is 11.7 Å². The number of carboxylic acid groups (broad SMARTS) is 1. The summed E-state index contributed by atoms with van der Waals surface area (Å²) in [6.07, 6.45) is 0.170. The van der Waals surface area contributed by atoms with Gasteiger partial charge < -0.3 is 10.8 Å². The number of hydrogen-bond donors (Lipinski definition) is 2. The van der Waals surface area contributed by atoms with Crippen LogP contribution in [0.15, 0.2) is 12.1 Å². The van der Waals surface area contributed by atoms with Crippen LogP contribution in [0, 0.1) is 11.3 Å². The van der Waals surface area contributed by atoms with E-state index in [9.17, 15) is 4.79 Å². The maximum Gasteiger partial charge on any atom is 0.320 e. The average molecular weight is 248 g/mol. The van der Waals surface area contributed by atoms with Crippen LogP contribution >= 0.6 is 11.7 Å². The second kappa shape index (κ2) is 4.45. The number of fused-ring (bicyclic) bond motifs is 1. The van der Waals surface area contributed by atoms with Crippen molar-refractivity contribution in [1.29, 1.82) is 5.26 Å². The van der Waals surface area contributed by atoms with Gasteiger partial charge in [0.05, 0.1) is 17.3 Å². The maximum atomic E-state index is 10.7. The number of aromatic nitrogens is 2. The fraction of sp³-hybridized carbons (Fsp3) is 0.200. The topological polar surface area (TPSA) is 113 Å². The fourth-order valence-electron chi connectivity index (χ4n) is 1.50. The van der Waals surface area contributed by atoms with Gasteiger partial charge in [-0.2, -0.15) is 14.0 Å². The van der Waals surface area contributed by atoms with Gasteiger partial charge in [0.1, 0.15) is 23.1 Å². The zero-order chi connectivity index (χ0) is 12.4. The average Bonchev–Trinajstić information content (AvgIpc) is 2.78. The summed E-state index contributed by atoms with van der Waals surface area (Å²) in [5.41, 5.74) is 7.67. The van der Waals surface area contributed by atoms with Gasteiger partial charge in [0.15, 0.2) is 0 Å². The highest BCUT2D eigenvalue weighted by molar-refractivity contribution is 7.00. The van der Waals surface area contributed by atoms with Crippen LogP contribution in [0.5, 0.6) is 0 Å². The Balaban J connectivity index is 2.46. The van der Waals surface area contributed by atoms with Crippen molar-refractivity contribution >= 4 is 28.7 Å². The molecule has 1 heterocycles. The van der Waals surface area contributed by atoms with E-state index in [4.69, 9.17) is 16.1 Å². The van der Waals surface area contributed by atoms with Gasteiger partial charge in [0, 0.05) is 6.42 Å². The Kier molecular flexibility index (Phi) is 2.99. The molecule has 86 valence electrons. The molecule has 1 atom stereocenters. The van der Waals surface area contributed by atoms with Crippen LogP contribution < -0.4 is 5.73 Å². The Morgan fingerprint density at radius 1 is 1.53 bits per heavy atom. The van der Waals surface area contributed by atoms with E-state index in [1.54, 1.807) is 12.1 Å². The first-order valence-corrected chi connectivity index (χ1v) is 5.49. The van der Waals surface area contributed by atoms with Crippen LogP contribution in [0.2, 0.25) is 0 Å². The second-order valence-corrected chi connectivity index (χ2v) is 4.02. The standard InChI is InChI=1S/C10H8N4O2S/c11-4-6-2-1-5(3-7(12)10(15)16)8-9(6)14-17-13-8/h1-2,7H,3,12H2,(H,15,16)/t7-/m0/s1. The Morgan fingerprint density at radius 2 is 2.24 bits per heavy atom. The molecule has 0 amide bonds. The summed E-state index contributed by atoms with van der Waals surface area (Å²) in [6.45, 7) is 0. The van der Waals surface area contributed by atoms with Crippen molar-refractivity contribution in [1.82, 2.24) is 8.75 Å². The van der Waals surface area contributed by atoms with E-state index in [2.05, 4.69) is 8.75 Å². The minimum absolute atomic E-state index is 0.170. The van der Waals surface area contributed by atoms with Crippen LogP contribution in [-0.2, 0) is 11.2 Å². The third kappa shape index (κ3) is 2.08. The molecular weight excluding hydrogens is 240 g/mol. The van der Waals surface area contributed by atoms with Crippen molar-refractivity contribution in [3.63, 3.8) is 0 Å². The molecule has 0 aliphatic carbocycles. The number of benzene rings is 1. The highest BCUT2D eigenvalue weighted by atomic mass is 32.1. The second-order valence-electron chi connectivity index (χ2n) is 3.49. The van der Waals surface area contributed by atoms with Crippen LogP contribution in [-0.4, -0.2) is 25.9 Å². The van der Waals surface area contributed by atoms with Gasteiger partial charge in [-0.15, -0.1) is 0 Å². The summed E-state index contributed by atoms with van der Waals surface area (Å²) in [4.78, 5) is 10.7. The summed E-state index contributed by atoms with van der Waals surface area (Å²) in [5.74, 6) is -1.06.